The topological polar surface area (TPSA) is 87.9 Å². The lowest BCUT2D eigenvalue weighted by molar-refractivity contribution is -0.385. The Bertz CT molecular complexity index is 538. The lowest BCUT2D eigenvalue weighted by Crippen LogP contribution is -2.05. The van der Waals surface area contributed by atoms with Crippen molar-refractivity contribution >= 4 is 11.7 Å². The zero-order valence-electron chi connectivity index (χ0n) is 11.4. The van der Waals surface area contributed by atoms with E-state index in [9.17, 15) is 14.9 Å². The normalized spacial score (nSPS) is 10.8. The van der Waals surface area contributed by atoms with E-state index >= 15 is 0 Å². The third-order valence-corrected chi connectivity index (χ3v) is 2.50. The van der Waals surface area contributed by atoms with E-state index in [4.69, 9.17) is 9.47 Å². The second-order valence-electron chi connectivity index (χ2n) is 3.78. The van der Waals surface area contributed by atoms with E-state index in [0.29, 0.717) is 11.3 Å². The molecule has 0 aliphatic heterocycles. The van der Waals surface area contributed by atoms with Crippen LogP contribution in [0.4, 0.5) is 5.69 Å². The first-order valence-electron chi connectivity index (χ1n) is 5.70. The number of ether oxygens (including phenoxy) is 3. The molecule has 1 aromatic rings. The highest BCUT2D eigenvalue weighted by molar-refractivity contribution is 5.87. The molecule has 0 N–H and O–H groups in total. The molecule has 20 heavy (non-hydrogen) atoms. The summed E-state index contributed by atoms with van der Waals surface area (Å²) in [5, 5.41) is 10.9. The minimum absolute atomic E-state index is 0.00887. The summed E-state index contributed by atoms with van der Waals surface area (Å²) >= 11 is 0. The van der Waals surface area contributed by atoms with Crippen molar-refractivity contribution in [3.05, 3.63) is 40.0 Å². The number of benzene rings is 1. The lowest BCUT2D eigenvalue weighted by atomic mass is 10.2. The van der Waals surface area contributed by atoms with Crippen LogP contribution in [0.1, 0.15) is 6.92 Å². The van der Waals surface area contributed by atoms with Gasteiger partial charge in [0.1, 0.15) is 12.4 Å². The molecule has 0 radical (unpaired) electrons. The third-order valence-electron chi connectivity index (χ3n) is 2.50. The first kappa shape index (κ1) is 15.5. The highest BCUT2D eigenvalue weighted by atomic mass is 16.6. The molecule has 1 aromatic carbocycles. The predicted octanol–water partition coefficient (Wildman–Crippen LogP) is 2.10. The Kier molecular flexibility index (Phi) is 5.52. The molecule has 108 valence electrons. The molecule has 0 bridgehead atoms. The molecule has 0 saturated heterocycles. The van der Waals surface area contributed by atoms with E-state index < -0.39 is 10.9 Å². The van der Waals surface area contributed by atoms with Gasteiger partial charge in [-0.25, -0.2) is 4.79 Å². The fourth-order valence-corrected chi connectivity index (χ4v) is 1.39. The second-order valence-corrected chi connectivity index (χ2v) is 3.78. The van der Waals surface area contributed by atoms with E-state index in [1.807, 2.05) is 0 Å². The molecule has 0 aliphatic rings. The quantitative estimate of drug-likeness (QED) is 0.343. The number of hydrogen-bond acceptors (Lipinski definition) is 6. The maximum absolute atomic E-state index is 11.2. The van der Waals surface area contributed by atoms with Crippen LogP contribution in [0.15, 0.2) is 29.8 Å². The highest BCUT2D eigenvalue weighted by Crippen LogP contribution is 2.31. The molecule has 0 aromatic heterocycles. The van der Waals surface area contributed by atoms with Gasteiger partial charge in [-0.3, -0.25) is 10.1 Å². The molecule has 0 heterocycles. The average Bonchev–Trinajstić information content (AvgIpc) is 2.45. The number of esters is 1. The summed E-state index contributed by atoms with van der Waals surface area (Å²) in [7, 11) is 2.72. The molecule has 0 spiro atoms. The van der Waals surface area contributed by atoms with E-state index in [-0.39, 0.29) is 18.0 Å². The van der Waals surface area contributed by atoms with Crippen LogP contribution in [-0.4, -0.2) is 31.7 Å². The van der Waals surface area contributed by atoms with Crippen LogP contribution in [0.2, 0.25) is 0 Å². The summed E-state index contributed by atoms with van der Waals surface area (Å²) in [5.74, 6) is 0.0382. The molecule has 1 rings (SSSR count). The summed E-state index contributed by atoms with van der Waals surface area (Å²) < 4.78 is 14.8. The molecule has 0 aliphatic carbocycles. The standard InChI is InChI=1S/C13H15NO6/c1-9(13(15)19-3)6-7-20-12-8-10(18-2)4-5-11(12)14(16)17/h4-6,8H,7H2,1-3H3/b9-6+. The number of nitrogens with zero attached hydrogens (tertiary/aromatic N) is 1. The highest BCUT2D eigenvalue weighted by Gasteiger charge is 2.15. The minimum Gasteiger partial charge on any atom is -0.497 e. The third kappa shape index (κ3) is 3.98. The summed E-state index contributed by atoms with van der Waals surface area (Å²) in [6.45, 7) is 1.57. The van der Waals surface area contributed by atoms with Gasteiger partial charge < -0.3 is 14.2 Å². The molecule has 0 amide bonds. The van der Waals surface area contributed by atoms with Gasteiger partial charge in [-0.1, -0.05) is 0 Å². The van der Waals surface area contributed by atoms with Crippen LogP contribution in [0.25, 0.3) is 0 Å². The summed E-state index contributed by atoms with van der Waals surface area (Å²) in [6, 6.07) is 4.19. The van der Waals surface area contributed by atoms with E-state index in [1.54, 1.807) is 6.92 Å². The summed E-state index contributed by atoms with van der Waals surface area (Å²) in [4.78, 5) is 21.5. The Balaban J connectivity index is 2.85. The lowest BCUT2D eigenvalue weighted by Gasteiger charge is -2.07. The number of carbonyl (C=O) groups is 1. The fraction of sp³-hybridized carbons (Fsp3) is 0.308. The fourth-order valence-electron chi connectivity index (χ4n) is 1.39. The summed E-state index contributed by atoms with van der Waals surface area (Å²) in [5.41, 5.74) is 0.188. The predicted molar refractivity (Wildman–Crippen MR) is 70.9 cm³/mol. The molecule has 0 fully saturated rings. The zero-order chi connectivity index (χ0) is 15.1. The van der Waals surface area contributed by atoms with Gasteiger partial charge in [0, 0.05) is 17.7 Å². The van der Waals surface area contributed by atoms with Gasteiger partial charge in [-0.15, -0.1) is 0 Å². The Morgan fingerprint density at radius 3 is 2.65 bits per heavy atom. The van der Waals surface area contributed by atoms with Gasteiger partial charge in [0.05, 0.1) is 19.1 Å². The molecule has 0 unspecified atom stereocenters. The Labute approximate surface area is 115 Å². The van der Waals surface area contributed by atoms with Crippen molar-refractivity contribution in [2.45, 2.75) is 6.92 Å². The van der Waals surface area contributed by atoms with Crippen LogP contribution in [0.5, 0.6) is 11.5 Å². The van der Waals surface area contributed by atoms with Crippen molar-refractivity contribution in [3.8, 4) is 11.5 Å². The average molecular weight is 281 g/mol. The molecule has 0 saturated carbocycles. The van der Waals surface area contributed by atoms with Gasteiger partial charge in [-0.05, 0) is 19.1 Å². The van der Waals surface area contributed by atoms with Gasteiger partial charge in [0.25, 0.3) is 0 Å². The van der Waals surface area contributed by atoms with Gasteiger partial charge in [0.2, 0.25) is 5.75 Å². The minimum atomic E-state index is -0.550. The van der Waals surface area contributed by atoms with Crippen LogP contribution in [0, 0.1) is 10.1 Å². The molecule has 0 atom stereocenters. The molecule has 7 nitrogen and oxygen atoms in total. The van der Waals surface area contributed by atoms with Crippen molar-refractivity contribution in [3.63, 3.8) is 0 Å². The first-order chi connectivity index (χ1) is 9.49. The monoisotopic (exact) mass is 281 g/mol. The zero-order valence-corrected chi connectivity index (χ0v) is 11.4. The smallest absolute Gasteiger partial charge is 0.333 e. The Morgan fingerprint density at radius 2 is 2.10 bits per heavy atom. The SMILES string of the molecule is COC(=O)/C(C)=C/COc1cc(OC)ccc1[N+](=O)[O-]. The summed E-state index contributed by atoms with van der Waals surface area (Å²) in [6.07, 6.45) is 1.48. The van der Waals surface area contributed by atoms with E-state index in [1.165, 1.54) is 38.5 Å². The maximum atomic E-state index is 11.2. The van der Waals surface area contributed by atoms with Crippen molar-refractivity contribution < 1.29 is 23.9 Å². The second kappa shape index (κ2) is 7.13. The van der Waals surface area contributed by atoms with Gasteiger partial charge >= 0.3 is 11.7 Å². The van der Waals surface area contributed by atoms with Crippen molar-refractivity contribution in [2.75, 3.05) is 20.8 Å². The number of nitro groups is 1. The molecular weight excluding hydrogens is 266 g/mol. The molecular formula is C13H15NO6. The van der Waals surface area contributed by atoms with Gasteiger partial charge in [0.15, 0.2) is 0 Å². The Morgan fingerprint density at radius 1 is 1.40 bits per heavy atom. The van der Waals surface area contributed by atoms with Crippen molar-refractivity contribution in [2.24, 2.45) is 0 Å². The maximum Gasteiger partial charge on any atom is 0.333 e. The van der Waals surface area contributed by atoms with Crippen molar-refractivity contribution in [1.29, 1.82) is 0 Å². The first-order valence-corrected chi connectivity index (χ1v) is 5.70. The Hall–Kier alpha value is -2.57. The van der Waals surface area contributed by atoms with Gasteiger partial charge in [-0.2, -0.15) is 0 Å². The van der Waals surface area contributed by atoms with Crippen molar-refractivity contribution in [1.82, 2.24) is 0 Å². The number of hydrogen-bond donors (Lipinski definition) is 0. The van der Waals surface area contributed by atoms with Crippen LogP contribution in [0.3, 0.4) is 0 Å². The number of nitro benzene ring substituents is 1. The number of rotatable bonds is 6. The number of methoxy groups -OCH3 is 2. The van der Waals surface area contributed by atoms with E-state index in [2.05, 4.69) is 4.74 Å². The van der Waals surface area contributed by atoms with Crippen LogP contribution in [-0.2, 0) is 9.53 Å². The van der Waals surface area contributed by atoms with Crippen LogP contribution < -0.4 is 9.47 Å². The molecule has 7 heteroatoms. The van der Waals surface area contributed by atoms with Crippen LogP contribution >= 0.6 is 0 Å². The largest absolute Gasteiger partial charge is 0.497 e. The number of carbonyl (C=O) groups excluding carboxylic acids is 1. The van der Waals surface area contributed by atoms with E-state index in [0.717, 1.165) is 0 Å².